The Bertz CT molecular complexity index is 1000. The molecule has 1 saturated heterocycles. The number of aromatic nitrogens is 2. The first-order valence-electron chi connectivity index (χ1n) is 9.44. The lowest BCUT2D eigenvalue weighted by molar-refractivity contribution is 0.143. The molecule has 30 heavy (non-hydrogen) atoms. The van der Waals surface area contributed by atoms with E-state index in [-0.39, 0.29) is 30.4 Å². The van der Waals surface area contributed by atoms with Crippen LogP contribution in [0.1, 0.15) is 26.5 Å². The van der Waals surface area contributed by atoms with E-state index in [4.69, 9.17) is 4.74 Å². The van der Waals surface area contributed by atoms with Gasteiger partial charge in [-0.25, -0.2) is 22.8 Å². The molecule has 0 radical (unpaired) electrons. The van der Waals surface area contributed by atoms with Gasteiger partial charge in [0.1, 0.15) is 6.10 Å². The molecule has 4 rings (SSSR count). The number of amides is 3. The van der Waals surface area contributed by atoms with Gasteiger partial charge >= 0.3 is 12.1 Å². The van der Waals surface area contributed by atoms with E-state index in [2.05, 4.69) is 10.4 Å². The number of urea groups is 1. The molecule has 1 fully saturated rings. The first-order valence-corrected chi connectivity index (χ1v) is 9.44. The second-order valence-electron chi connectivity index (χ2n) is 7.52. The smallest absolute Gasteiger partial charge is 0.415 e. The van der Waals surface area contributed by atoms with E-state index < -0.39 is 29.6 Å². The van der Waals surface area contributed by atoms with Crippen molar-refractivity contribution >= 4 is 23.5 Å². The lowest BCUT2D eigenvalue weighted by atomic mass is 10.1. The van der Waals surface area contributed by atoms with Crippen LogP contribution in [0.3, 0.4) is 0 Å². The molecular formula is C19H20F3N5O3. The van der Waals surface area contributed by atoms with Gasteiger partial charge in [-0.15, -0.1) is 0 Å². The van der Waals surface area contributed by atoms with Gasteiger partial charge in [-0.3, -0.25) is 9.58 Å². The maximum atomic E-state index is 13.5. The lowest BCUT2D eigenvalue weighted by Gasteiger charge is -2.35. The van der Waals surface area contributed by atoms with Gasteiger partial charge in [0.2, 0.25) is 0 Å². The molecule has 11 heteroatoms. The van der Waals surface area contributed by atoms with Crippen LogP contribution >= 0.6 is 0 Å². The van der Waals surface area contributed by atoms with Crippen LogP contribution in [0.4, 0.5) is 34.1 Å². The van der Waals surface area contributed by atoms with Gasteiger partial charge in [-0.1, -0.05) is 0 Å². The maximum Gasteiger partial charge on any atom is 0.415 e. The van der Waals surface area contributed by atoms with Crippen molar-refractivity contribution < 1.29 is 27.5 Å². The minimum atomic E-state index is -1.60. The zero-order chi connectivity index (χ0) is 21.7. The highest BCUT2D eigenvalue weighted by Crippen LogP contribution is 2.33. The predicted molar refractivity (Wildman–Crippen MR) is 100 cm³/mol. The topological polar surface area (TPSA) is 79.7 Å². The molecule has 160 valence electrons. The zero-order valence-corrected chi connectivity index (χ0v) is 16.5. The fourth-order valence-electron chi connectivity index (χ4n) is 3.69. The van der Waals surface area contributed by atoms with Gasteiger partial charge in [0.25, 0.3) is 0 Å². The number of nitrogens with zero attached hydrogens (tertiary/aromatic N) is 4. The number of nitrogens with one attached hydrogen (secondary N) is 1. The molecule has 1 aromatic carbocycles. The second-order valence-corrected chi connectivity index (χ2v) is 7.52. The first kappa shape index (κ1) is 20.0. The van der Waals surface area contributed by atoms with Gasteiger partial charge in [0.15, 0.2) is 17.5 Å². The Labute approximate surface area is 170 Å². The van der Waals surface area contributed by atoms with Gasteiger partial charge in [-0.05, 0) is 20.8 Å². The highest BCUT2D eigenvalue weighted by molar-refractivity contribution is 5.92. The molecule has 0 aliphatic carbocycles. The number of hydrogen-bond donors (Lipinski definition) is 1. The van der Waals surface area contributed by atoms with Crippen LogP contribution in [0.25, 0.3) is 0 Å². The van der Waals surface area contributed by atoms with Gasteiger partial charge in [0, 0.05) is 17.8 Å². The minimum Gasteiger partial charge on any atom is -0.444 e. The number of ether oxygens (including phenoxy) is 1. The molecule has 2 aliphatic rings. The number of rotatable bonds is 2. The fraction of sp³-hybridized carbons (Fsp3) is 0.421. The van der Waals surface area contributed by atoms with E-state index in [9.17, 15) is 22.8 Å². The second kappa shape index (κ2) is 7.22. The Morgan fingerprint density at radius 2 is 1.87 bits per heavy atom. The maximum absolute atomic E-state index is 13.5. The van der Waals surface area contributed by atoms with Crippen molar-refractivity contribution in [3.63, 3.8) is 0 Å². The molecule has 0 saturated carbocycles. The quantitative estimate of drug-likeness (QED) is 0.751. The molecule has 8 nitrogen and oxygen atoms in total. The molecule has 3 amide bonds. The van der Waals surface area contributed by atoms with E-state index in [0.29, 0.717) is 30.1 Å². The standard InChI is InChI=1S/C19H20F3N5O3/c1-9-7-26-16(15(6-23-26)27-10(2)11(3)30-19(27)29)8-25(9)18(28)24-12-4-13(20)17(22)14(21)5-12/h4-6,9-11H,7-8H2,1-3H3,(H,24,28)/t9-,10-,11?/m0/s1. The van der Waals surface area contributed by atoms with Crippen molar-refractivity contribution in [1.82, 2.24) is 14.7 Å². The first-order chi connectivity index (χ1) is 14.2. The minimum absolute atomic E-state index is 0.110. The molecule has 0 bridgehead atoms. The summed E-state index contributed by atoms with van der Waals surface area (Å²) in [5.74, 6) is -4.39. The van der Waals surface area contributed by atoms with E-state index in [1.807, 2.05) is 6.92 Å². The van der Waals surface area contributed by atoms with Crippen molar-refractivity contribution in [2.75, 3.05) is 10.2 Å². The monoisotopic (exact) mass is 423 g/mol. The average molecular weight is 423 g/mol. The number of carbonyl (C=O) groups excluding carboxylic acids is 2. The fourth-order valence-corrected chi connectivity index (χ4v) is 3.69. The molecule has 2 aliphatic heterocycles. The van der Waals surface area contributed by atoms with Gasteiger partial charge in [-0.2, -0.15) is 5.10 Å². The summed E-state index contributed by atoms with van der Waals surface area (Å²) in [6.45, 7) is 5.92. The van der Waals surface area contributed by atoms with Gasteiger partial charge < -0.3 is 15.0 Å². The van der Waals surface area contributed by atoms with Crippen LogP contribution in [-0.4, -0.2) is 45.0 Å². The van der Waals surface area contributed by atoms with Crippen LogP contribution in [0.2, 0.25) is 0 Å². The van der Waals surface area contributed by atoms with Crippen molar-refractivity contribution in [3.05, 3.63) is 41.5 Å². The summed E-state index contributed by atoms with van der Waals surface area (Å²) in [5, 5.41) is 6.72. The Kier molecular flexibility index (Phi) is 4.83. The third kappa shape index (κ3) is 3.23. The summed E-state index contributed by atoms with van der Waals surface area (Å²) in [7, 11) is 0. The highest BCUT2D eigenvalue weighted by atomic mass is 19.2. The Morgan fingerprint density at radius 3 is 2.47 bits per heavy atom. The van der Waals surface area contributed by atoms with Crippen molar-refractivity contribution in [1.29, 1.82) is 0 Å². The number of hydrogen-bond acceptors (Lipinski definition) is 4. The molecule has 3 heterocycles. The van der Waals surface area contributed by atoms with E-state index in [1.165, 1.54) is 9.80 Å². The number of fused-ring (bicyclic) bond motifs is 1. The number of carbonyl (C=O) groups is 2. The molecule has 0 spiro atoms. The van der Waals surface area contributed by atoms with Crippen LogP contribution in [0.5, 0.6) is 0 Å². The molecule has 1 unspecified atom stereocenters. The summed E-state index contributed by atoms with van der Waals surface area (Å²) >= 11 is 0. The Hall–Kier alpha value is -3.24. The van der Waals surface area contributed by atoms with Crippen LogP contribution in [0, 0.1) is 17.5 Å². The van der Waals surface area contributed by atoms with E-state index in [1.54, 1.807) is 24.7 Å². The Morgan fingerprint density at radius 1 is 1.20 bits per heavy atom. The lowest BCUT2D eigenvalue weighted by Crippen LogP contribution is -2.47. The van der Waals surface area contributed by atoms with E-state index in [0.717, 1.165) is 0 Å². The van der Waals surface area contributed by atoms with Crippen molar-refractivity contribution in [3.8, 4) is 0 Å². The molecule has 1 N–H and O–H groups in total. The SMILES string of the molecule is CC1OC(=O)N(c2cnn3c2CN(C(=O)Nc2cc(F)c(F)c(F)c2)[C@@H](C)C3)[C@H]1C. The van der Waals surface area contributed by atoms with Crippen LogP contribution in [0.15, 0.2) is 18.3 Å². The number of cyclic esters (lactones) is 1. The number of benzene rings is 1. The summed E-state index contributed by atoms with van der Waals surface area (Å²) < 4.78 is 47.0. The van der Waals surface area contributed by atoms with Crippen LogP contribution < -0.4 is 10.2 Å². The summed E-state index contributed by atoms with van der Waals surface area (Å²) in [6.07, 6.45) is 0.778. The average Bonchev–Trinajstić information content (AvgIpc) is 3.18. The predicted octanol–water partition coefficient (Wildman–Crippen LogP) is 3.47. The zero-order valence-electron chi connectivity index (χ0n) is 16.5. The molecule has 1 aromatic heterocycles. The summed E-state index contributed by atoms with van der Waals surface area (Å²) in [4.78, 5) is 28.0. The number of halogens is 3. The third-order valence-electron chi connectivity index (χ3n) is 5.54. The third-order valence-corrected chi connectivity index (χ3v) is 5.54. The molecule has 2 aromatic rings. The summed E-state index contributed by atoms with van der Waals surface area (Å²) in [5.41, 5.74) is 0.978. The molecular weight excluding hydrogens is 403 g/mol. The van der Waals surface area contributed by atoms with Gasteiger partial charge in [0.05, 0.1) is 42.8 Å². The Balaban J connectivity index is 1.58. The normalized spacial score (nSPS) is 23.4. The summed E-state index contributed by atoms with van der Waals surface area (Å²) in [6, 6.07) is 0.311. The van der Waals surface area contributed by atoms with Crippen molar-refractivity contribution in [2.45, 2.75) is 52.0 Å². The van der Waals surface area contributed by atoms with E-state index >= 15 is 0 Å². The number of anilines is 2. The van der Waals surface area contributed by atoms with Crippen LogP contribution in [-0.2, 0) is 17.8 Å². The molecule has 3 atom stereocenters. The highest BCUT2D eigenvalue weighted by Gasteiger charge is 2.40. The van der Waals surface area contributed by atoms with Crippen molar-refractivity contribution in [2.24, 2.45) is 0 Å². The largest absolute Gasteiger partial charge is 0.444 e.